The Labute approximate surface area is 349 Å². The summed E-state index contributed by atoms with van der Waals surface area (Å²) in [5.74, 6) is 2.05. The van der Waals surface area contributed by atoms with Gasteiger partial charge in [0.05, 0.1) is 18.1 Å². The van der Waals surface area contributed by atoms with Crippen molar-refractivity contribution in [2.75, 3.05) is 0 Å². The quantitative estimate of drug-likeness (QED) is 0.253. The predicted octanol–water partition coefficient (Wildman–Crippen LogP) is 13.7. The smallest absolute Gasteiger partial charge is 0.0659 e. The topological polar surface area (TPSA) is 50.8 Å². The summed E-state index contributed by atoms with van der Waals surface area (Å²) in [6.45, 7) is 5.09. The highest BCUT2D eigenvalue weighted by Crippen LogP contribution is 2.67. The highest BCUT2D eigenvalue weighted by molar-refractivity contribution is 5.60. The maximum Gasteiger partial charge on any atom is 0.0659 e. The van der Waals surface area contributed by atoms with Gasteiger partial charge in [0.2, 0.25) is 0 Å². The number of nitrogens with zero attached hydrogens (tertiary/aromatic N) is 3. The number of rotatable bonds is 6. The van der Waals surface area contributed by atoms with Gasteiger partial charge in [0.1, 0.15) is 0 Å². The van der Waals surface area contributed by atoms with Crippen molar-refractivity contribution in [3.63, 3.8) is 0 Å². The Morgan fingerprint density at radius 2 is 1.48 bits per heavy atom. The predicted molar refractivity (Wildman–Crippen MR) is 237 cm³/mol. The largest absolute Gasteiger partial charge is 0.365 e. The molecule has 1 saturated carbocycles. The summed E-state index contributed by atoms with van der Waals surface area (Å²) in [6, 6.07) is 6.22. The second-order valence-electron chi connectivity index (χ2n) is 20.1. The van der Waals surface area contributed by atoms with Crippen molar-refractivity contribution in [3.05, 3.63) is 129 Å². The first-order chi connectivity index (χ1) is 28.4. The van der Waals surface area contributed by atoms with Gasteiger partial charge in [-0.05, 0) is 151 Å². The average Bonchev–Trinajstić information content (AvgIpc) is 3.49. The van der Waals surface area contributed by atoms with Gasteiger partial charge in [0.15, 0.2) is 0 Å². The van der Waals surface area contributed by atoms with Crippen LogP contribution in [0.15, 0.2) is 129 Å². The summed E-state index contributed by atoms with van der Waals surface area (Å²) in [6.07, 6.45) is 54.2. The van der Waals surface area contributed by atoms with Crippen LogP contribution in [0, 0.1) is 69.0 Å². The van der Waals surface area contributed by atoms with Gasteiger partial charge in [-0.3, -0.25) is 0 Å². The second kappa shape index (κ2) is 15.5. The van der Waals surface area contributed by atoms with Crippen molar-refractivity contribution in [1.29, 1.82) is 10.5 Å². The average molecular weight is 768 g/mol. The molecule has 3 nitrogen and oxygen atoms in total. The molecule has 1 fully saturated rings. The molecule has 0 aromatic heterocycles. The Kier molecular flexibility index (Phi) is 10.2. The Bertz CT molecular complexity index is 2130. The van der Waals surface area contributed by atoms with Gasteiger partial charge in [-0.25, -0.2) is 0 Å². The molecule has 0 aromatic rings. The van der Waals surface area contributed by atoms with Gasteiger partial charge in [0, 0.05) is 52.3 Å². The van der Waals surface area contributed by atoms with Crippen LogP contribution < -0.4 is 0 Å². The maximum atomic E-state index is 10.1. The summed E-state index contributed by atoms with van der Waals surface area (Å²) < 4.78 is 0. The van der Waals surface area contributed by atoms with E-state index < -0.39 is 0 Å². The van der Waals surface area contributed by atoms with Crippen LogP contribution in [0.4, 0.5) is 0 Å². The summed E-state index contributed by atoms with van der Waals surface area (Å²) in [5.41, 5.74) is 14.9. The molecule has 0 radical (unpaired) electrons. The Morgan fingerprint density at radius 3 is 2.29 bits per heavy atom. The molecule has 0 aliphatic heterocycles. The van der Waals surface area contributed by atoms with Gasteiger partial charge < -0.3 is 4.90 Å². The van der Waals surface area contributed by atoms with Gasteiger partial charge >= 0.3 is 0 Å². The molecule has 7 atom stereocenters. The molecule has 3 heteroatoms. The van der Waals surface area contributed by atoms with Crippen molar-refractivity contribution in [3.8, 4) is 12.1 Å². The molecule has 300 valence electrons. The van der Waals surface area contributed by atoms with E-state index in [1.165, 1.54) is 44.2 Å². The lowest BCUT2D eigenvalue weighted by Gasteiger charge is -2.52. The van der Waals surface area contributed by atoms with Crippen LogP contribution in [-0.4, -0.2) is 17.0 Å². The highest BCUT2D eigenvalue weighted by Gasteiger charge is 2.58. The Balaban J connectivity index is 1.10. The van der Waals surface area contributed by atoms with Gasteiger partial charge in [-0.2, -0.15) is 10.5 Å². The van der Waals surface area contributed by atoms with Gasteiger partial charge in [-0.1, -0.05) is 115 Å². The van der Waals surface area contributed by atoms with Crippen molar-refractivity contribution in [2.24, 2.45) is 46.3 Å². The van der Waals surface area contributed by atoms with E-state index in [0.29, 0.717) is 35.8 Å². The van der Waals surface area contributed by atoms with E-state index in [9.17, 15) is 10.5 Å². The standard InChI is InChI=1S/C55H65N3/c1-54(2)49-18-10-7-16-45(49)47-31-29-42(33-51(47)54)58(53-20-12-9-15-44(53)39-13-5-3-4-6-14-39)43-30-32-48-46-17-8-11-19-50(46)55(52(48)34-43,40-25-21-37(35-56)22-26-40)41-27-23-38(36-57)24-28-41/h3-4,7-9,13,15-17,25,30,32,34,37-38,41-42,44,48,52-53H,5-6,10-12,14,18-24,26-29,31,33H2,1-2H3/t37?,38?,41?,42?,44?,48?,52?,53-,55?/m1/s1. The summed E-state index contributed by atoms with van der Waals surface area (Å²) in [5, 5.41) is 20.1. The molecular weight excluding hydrogens is 703 g/mol. The molecule has 0 spiro atoms. The van der Waals surface area contributed by atoms with E-state index in [1.54, 1.807) is 44.6 Å². The number of allylic oxidation sites excluding steroid dienone is 18. The van der Waals surface area contributed by atoms with E-state index >= 15 is 0 Å². The fourth-order valence-electron chi connectivity index (χ4n) is 14.5. The SMILES string of the molecule is CC1(C)C2=C(C=CCC2)C2=C1CC(N(C1=CC3C(C=C1)C1=C(CCC=C1)C3(C1=CCC(C#N)CC1)C1CCC(C#N)CC1)[C@@H]1CCC=CC1C1=CCC=CCC1)CC2. The first-order valence-electron chi connectivity index (χ1n) is 23.6. The fraction of sp³-hybridized carbons (Fsp3) is 0.564. The molecule has 6 unspecified atom stereocenters. The number of nitriles is 2. The summed E-state index contributed by atoms with van der Waals surface area (Å²) >= 11 is 0. The summed E-state index contributed by atoms with van der Waals surface area (Å²) in [4.78, 5) is 3.05. The van der Waals surface area contributed by atoms with E-state index in [1.807, 2.05) is 0 Å². The van der Waals surface area contributed by atoms with Crippen LogP contribution in [0.25, 0.3) is 0 Å². The third kappa shape index (κ3) is 6.15. The van der Waals surface area contributed by atoms with Crippen molar-refractivity contribution in [1.82, 2.24) is 4.90 Å². The normalized spacial score (nSPS) is 37.5. The van der Waals surface area contributed by atoms with Gasteiger partial charge in [0.25, 0.3) is 0 Å². The van der Waals surface area contributed by atoms with E-state index in [2.05, 4.69) is 110 Å². The van der Waals surface area contributed by atoms with Crippen molar-refractivity contribution >= 4 is 0 Å². The first kappa shape index (κ1) is 38.1. The molecule has 10 aliphatic carbocycles. The third-order valence-electron chi connectivity index (χ3n) is 17.2. The zero-order chi connectivity index (χ0) is 39.4. The Hall–Kier alpha value is -4.08. The van der Waals surface area contributed by atoms with Crippen LogP contribution >= 0.6 is 0 Å². The lowest BCUT2D eigenvalue weighted by atomic mass is 9.53. The van der Waals surface area contributed by atoms with E-state index in [-0.39, 0.29) is 22.7 Å². The molecule has 0 amide bonds. The molecule has 0 N–H and O–H groups in total. The zero-order valence-electron chi connectivity index (χ0n) is 35.4. The molecule has 0 aromatic carbocycles. The van der Waals surface area contributed by atoms with Crippen molar-refractivity contribution in [2.45, 2.75) is 148 Å². The van der Waals surface area contributed by atoms with Crippen molar-refractivity contribution < 1.29 is 0 Å². The fourth-order valence-corrected chi connectivity index (χ4v) is 14.5. The highest BCUT2D eigenvalue weighted by atomic mass is 15.2. The monoisotopic (exact) mass is 768 g/mol. The molecule has 0 saturated heterocycles. The van der Waals surface area contributed by atoms with E-state index in [0.717, 1.165) is 83.5 Å². The minimum absolute atomic E-state index is 0.0281. The van der Waals surface area contributed by atoms with Crippen LogP contribution in [0.1, 0.15) is 136 Å². The molecule has 0 heterocycles. The van der Waals surface area contributed by atoms with E-state index in [4.69, 9.17) is 0 Å². The number of hydrogen-bond acceptors (Lipinski definition) is 3. The minimum Gasteiger partial charge on any atom is -0.365 e. The van der Waals surface area contributed by atoms with Gasteiger partial charge in [-0.15, -0.1) is 0 Å². The first-order valence-corrected chi connectivity index (χ1v) is 23.6. The molecule has 0 bridgehead atoms. The minimum atomic E-state index is -0.0281. The lowest BCUT2D eigenvalue weighted by molar-refractivity contribution is 0.113. The zero-order valence-corrected chi connectivity index (χ0v) is 35.4. The third-order valence-corrected chi connectivity index (χ3v) is 17.2. The number of fused-ring (bicyclic) bond motifs is 3. The van der Waals surface area contributed by atoms with Crippen LogP contribution in [-0.2, 0) is 0 Å². The van der Waals surface area contributed by atoms with Crippen LogP contribution in [0.5, 0.6) is 0 Å². The summed E-state index contributed by atoms with van der Waals surface area (Å²) in [7, 11) is 0. The maximum absolute atomic E-state index is 10.1. The van der Waals surface area contributed by atoms with Crippen LogP contribution in [0.3, 0.4) is 0 Å². The molecule has 10 aliphatic rings. The molecule has 58 heavy (non-hydrogen) atoms. The Morgan fingerprint density at radius 1 is 0.672 bits per heavy atom. The lowest BCUT2D eigenvalue weighted by Crippen LogP contribution is -2.49. The van der Waals surface area contributed by atoms with Crippen LogP contribution in [0.2, 0.25) is 0 Å². The molecular formula is C55H65N3. The molecule has 10 rings (SSSR count). The number of hydrogen-bond donors (Lipinski definition) is 0. The second-order valence-corrected chi connectivity index (χ2v) is 20.1.